The monoisotopic (exact) mass is 379 g/mol. The van der Waals surface area contributed by atoms with Crippen LogP contribution in [0.2, 0.25) is 0 Å². The molecule has 4 aromatic rings. The Labute approximate surface area is 170 Å². The molecule has 0 aliphatic carbocycles. The predicted octanol–water partition coefficient (Wildman–Crippen LogP) is 5.83. The van der Waals surface area contributed by atoms with Crippen molar-refractivity contribution in [2.45, 2.75) is 12.8 Å². The smallest absolute Gasteiger partial charge is 0.324 e. The molecule has 0 aromatic heterocycles. The van der Waals surface area contributed by atoms with Crippen molar-refractivity contribution in [3.63, 3.8) is 0 Å². The van der Waals surface area contributed by atoms with Crippen LogP contribution in [0.15, 0.2) is 84.9 Å². The fourth-order valence-corrected chi connectivity index (χ4v) is 4.07. The lowest BCUT2D eigenvalue weighted by molar-refractivity contribution is -0.146. The summed E-state index contributed by atoms with van der Waals surface area (Å²) in [6, 6.07) is 30.5. The van der Waals surface area contributed by atoms with Crippen LogP contribution in [0.25, 0.3) is 21.5 Å². The number of ether oxygens (including phenoxy) is 1. The van der Waals surface area contributed by atoms with Crippen LogP contribution in [0.4, 0.5) is 0 Å². The van der Waals surface area contributed by atoms with Crippen LogP contribution < -0.4 is 0 Å². The van der Waals surface area contributed by atoms with E-state index in [1.165, 1.54) is 0 Å². The molecule has 0 fully saturated rings. The van der Waals surface area contributed by atoms with Gasteiger partial charge in [0.1, 0.15) is 0 Å². The largest absolute Gasteiger partial charge is 0.465 e. The van der Waals surface area contributed by atoms with Crippen LogP contribution in [-0.4, -0.2) is 12.6 Å². The van der Waals surface area contributed by atoms with Gasteiger partial charge < -0.3 is 4.74 Å². The quantitative estimate of drug-likeness (QED) is 0.410. The van der Waals surface area contributed by atoms with Crippen molar-refractivity contribution in [1.82, 2.24) is 0 Å². The molecule has 3 heteroatoms. The molecule has 0 amide bonds. The standard InChI is InChI=1S/C26H21NO2/c1-2-29-26(28)24(17-27)25(22-15-7-11-18-9-3-5-13-20(18)22)23-16-8-12-19-10-4-6-14-21(19)23/h3-16,24-25H,2H2,1H3/t24-/m1/s1. The maximum atomic E-state index is 12.8. The molecule has 142 valence electrons. The zero-order chi connectivity index (χ0) is 20.2. The second-order valence-corrected chi connectivity index (χ2v) is 6.97. The normalized spacial score (nSPS) is 12.0. The number of hydrogen-bond acceptors (Lipinski definition) is 3. The third kappa shape index (κ3) is 3.46. The van der Waals surface area contributed by atoms with Crippen molar-refractivity contribution in [1.29, 1.82) is 5.26 Å². The minimum Gasteiger partial charge on any atom is -0.465 e. The average Bonchev–Trinajstić information content (AvgIpc) is 2.77. The summed E-state index contributed by atoms with van der Waals surface area (Å²) in [6.45, 7) is 2.01. The van der Waals surface area contributed by atoms with E-state index in [2.05, 4.69) is 6.07 Å². The topological polar surface area (TPSA) is 50.1 Å². The van der Waals surface area contributed by atoms with Gasteiger partial charge in [-0.3, -0.25) is 4.79 Å². The van der Waals surface area contributed by atoms with Crippen LogP contribution in [-0.2, 0) is 9.53 Å². The third-order valence-electron chi connectivity index (χ3n) is 5.33. The number of nitriles is 1. The summed E-state index contributed by atoms with van der Waals surface area (Å²) in [5.41, 5.74) is 1.91. The maximum absolute atomic E-state index is 12.8. The molecule has 0 aliphatic rings. The Morgan fingerprint density at radius 1 is 0.828 bits per heavy atom. The highest BCUT2D eigenvalue weighted by molar-refractivity contribution is 5.92. The zero-order valence-corrected chi connectivity index (χ0v) is 16.2. The van der Waals surface area contributed by atoms with Crippen molar-refractivity contribution in [3.8, 4) is 6.07 Å². The Hall–Kier alpha value is -3.64. The summed E-state index contributed by atoms with van der Waals surface area (Å²) in [4.78, 5) is 12.8. The van der Waals surface area contributed by atoms with Crippen molar-refractivity contribution in [2.75, 3.05) is 6.61 Å². The molecule has 1 atom stereocenters. The van der Waals surface area contributed by atoms with Gasteiger partial charge in [0, 0.05) is 5.92 Å². The minimum absolute atomic E-state index is 0.245. The van der Waals surface area contributed by atoms with Gasteiger partial charge >= 0.3 is 5.97 Å². The summed E-state index contributed by atoms with van der Waals surface area (Å²) in [5.74, 6) is -1.86. The van der Waals surface area contributed by atoms with Crippen LogP contribution >= 0.6 is 0 Å². The minimum atomic E-state index is -0.938. The molecule has 0 heterocycles. The molecule has 4 rings (SSSR count). The van der Waals surface area contributed by atoms with E-state index in [1.54, 1.807) is 6.92 Å². The Balaban J connectivity index is 2.02. The first-order valence-corrected chi connectivity index (χ1v) is 9.76. The maximum Gasteiger partial charge on any atom is 0.324 e. The van der Waals surface area contributed by atoms with Gasteiger partial charge in [-0.05, 0) is 39.6 Å². The second-order valence-electron chi connectivity index (χ2n) is 6.97. The van der Waals surface area contributed by atoms with Gasteiger partial charge in [-0.25, -0.2) is 0 Å². The molecule has 0 bridgehead atoms. The number of nitrogens with zero attached hydrogens (tertiary/aromatic N) is 1. The molecule has 0 saturated heterocycles. The van der Waals surface area contributed by atoms with Crippen LogP contribution in [0, 0.1) is 17.2 Å². The second kappa shape index (κ2) is 8.16. The van der Waals surface area contributed by atoms with Crippen LogP contribution in [0.1, 0.15) is 24.0 Å². The highest BCUT2D eigenvalue weighted by Gasteiger charge is 2.34. The molecule has 0 saturated carbocycles. The van der Waals surface area contributed by atoms with E-state index in [9.17, 15) is 10.1 Å². The van der Waals surface area contributed by atoms with E-state index in [1.807, 2.05) is 84.9 Å². The van der Waals surface area contributed by atoms with Crippen LogP contribution in [0.3, 0.4) is 0 Å². The third-order valence-corrected chi connectivity index (χ3v) is 5.33. The summed E-state index contributed by atoms with van der Waals surface area (Å²) < 4.78 is 5.28. The van der Waals surface area contributed by atoms with E-state index < -0.39 is 17.8 Å². The van der Waals surface area contributed by atoms with Crippen molar-refractivity contribution >= 4 is 27.5 Å². The van der Waals surface area contributed by atoms with Gasteiger partial charge in [-0.1, -0.05) is 84.9 Å². The highest BCUT2D eigenvalue weighted by atomic mass is 16.5. The lowest BCUT2D eigenvalue weighted by Crippen LogP contribution is -2.24. The molecule has 0 unspecified atom stereocenters. The van der Waals surface area contributed by atoms with Gasteiger partial charge in [0.15, 0.2) is 5.92 Å². The number of hydrogen-bond donors (Lipinski definition) is 0. The highest BCUT2D eigenvalue weighted by Crippen LogP contribution is 2.39. The molecule has 29 heavy (non-hydrogen) atoms. The summed E-state index contributed by atoms with van der Waals surface area (Å²) >= 11 is 0. The van der Waals surface area contributed by atoms with Gasteiger partial charge in [-0.2, -0.15) is 5.26 Å². The Kier molecular flexibility index (Phi) is 5.27. The number of carbonyl (C=O) groups is 1. The van der Waals surface area contributed by atoms with Crippen molar-refractivity contribution < 1.29 is 9.53 Å². The van der Waals surface area contributed by atoms with E-state index >= 15 is 0 Å². The Morgan fingerprint density at radius 2 is 1.31 bits per heavy atom. The molecule has 4 aromatic carbocycles. The fourth-order valence-electron chi connectivity index (χ4n) is 4.07. The number of carbonyl (C=O) groups excluding carboxylic acids is 1. The van der Waals surface area contributed by atoms with Crippen molar-refractivity contribution in [2.24, 2.45) is 5.92 Å². The van der Waals surface area contributed by atoms with Gasteiger partial charge in [-0.15, -0.1) is 0 Å². The number of fused-ring (bicyclic) bond motifs is 2. The molecule has 0 spiro atoms. The molecule has 0 radical (unpaired) electrons. The zero-order valence-electron chi connectivity index (χ0n) is 16.2. The van der Waals surface area contributed by atoms with E-state index in [0.717, 1.165) is 32.7 Å². The molecule has 0 aliphatic heterocycles. The molecule has 3 nitrogen and oxygen atoms in total. The molecular weight excluding hydrogens is 358 g/mol. The number of rotatable bonds is 5. The van der Waals surface area contributed by atoms with E-state index in [4.69, 9.17) is 4.74 Å². The Bertz CT molecular complexity index is 1130. The van der Waals surface area contributed by atoms with E-state index in [-0.39, 0.29) is 6.61 Å². The van der Waals surface area contributed by atoms with Gasteiger partial charge in [0.2, 0.25) is 0 Å². The number of benzene rings is 4. The first-order valence-electron chi connectivity index (χ1n) is 9.76. The average molecular weight is 379 g/mol. The predicted molar refractivity (Wildman–Crippen MR) is 115 cm³/mol. The summed E-state index contributed by atoms with van der Waals surface area (Å²) in [7, 11) is 0. The van der Waals surface area contributed by atoms with Crippen LogP contribution in [0.5, 0.6) is 0 Å². The number of esters is 1. The molecular formula is C26H21NO2. The summed E-state index contributed by atoms with van der Waals surface area (Å²) in [6.07, 6.45) is 0. The van der Waals surface area contributed by atoms with Crippen molar-refractivity contribution in [3.05, 3.63) is 96.1 Å². The lowest BCUT2D eigenvalue weighted by Gasteiger charge is -2.24. The SMILES string of the molecule is CCOC(=O)[C@H](C#N)C(c1cccc2ccccc12)c1cccc2ccccc12. The lowest BCUT2D eigenvalue weighted by atomic mass is 9.78. The Morgan fingerprint density at radius 3 is 1.79 bits per heavy atom. The van der Waals surface area contributed by atoms with Gasteiger partial charge in [0.05, 0.1) is 12.7 Å². The first kappa shape index (κ1) is 18.7. The fraction of sp³-hybridized carbons (Fsp3) is 0.154. The molecule has 0 N–H and O–H groups in total. The van der Waals surface area contributed by atoms with E-state index in [0.29, 0.717) is 0 Å². The first-order chi connectivity index (χ1) is 14.2. The summed E-state index contributed by atoms with van der Waals surface area (Å²) in [5, 5.41) is 14.2. The van der Waals surface area contributed by atoms with Gasteiger partial charge in [0.25, 0.3) is 0 Å².